The van der Waals surface area contributed by atoms with Crippen LogP contribution in [0.5, 0.6) is 0 Å². The van der Waals surface area contributed by atoms with E-state index in [1.54, 1.807) is 0 Å². The molecule has 0 bridgehead atoms. The van der Waals surface area contributed by atoms with Gasteiger partial charge in [0.05, 0.1) is 16.6 Å². The quantitative estimate of drug-likeness (QED) is 0.578. The number of hydrogen-bond acceptors (Lipinski definition) is 3. The third-order valence-electron chi connectivity index (χ3n) is 5.70. The Morgan fingerprint density at radius 2 is 2.04 bits per heavy atom. The van der Waals surface area contributed by atoms with E-state index in [4.69, 9.17) is 4.98 Å². The Bertz CT molecular complexity index is 1080. The molecule has 0 spiro atoms. The molecule has 2 fully saturated rings. The highest BCUT2D eigenvalue weighted by Gasteiger charge is 2.35. The number of hydrogen-bond donors (Lipinski definition) is 0. The minimum atomic E-state index is 0.105. The normalized spacial score (nSPS) is 16.5. The first-order valence-corrected chi connectivity index (χ1v) is 10.7. The number of carbonyl (C=O) groups is 1. The molecule has 0 N–H and O–H groups in total. The Morgan fingerprint density at radius 3 is 2.71 bits per heavy atom. The second-order valence-corrected chi connectivity index (χ2v) is 8.99. The summed E-state index contributed by atoms with van der Waals surface area (Å²) >= 11 is 3.54. The van der Waals surface area contributed by atoms with Crippen molar-refractivity contribution in [3.05, 3.63) is 57.3 Å². The zero-order valence-electron chi connectivity index (χ0n) is 16.2. The molecule has 1 amide bonds. The SMILES string of the molecule is Cc1nn(C)c2nc(C3CC3)cc(C(=O)N(Cc3cccc(Br)c3)C3CC3)c12. The summed E-state index contributed by atoms with van der Waals surface area (Å²) < 4.78 is 2.85. The van der Waals surface area contributed by atoms with E-state index in [9.17, 15) is 4.79 Å². The van der Waals surface area contributed by atoms with E-state index < -0.39 is 0 Å². The zero-order valence-corrected chi connectivity index (χ0v) is 17.7. The zero-order chi connectivity index (χ0) is 19.4. The molecule has 0 aliphatic heterocycles. The number of fused-ring (bicyclic) bond motifs is 1. The molecule has 2 aliphatic rings. The van der Waals surface area contributed by atoms with Crippen LogP contribution in [0.25, 0.3) is 11.0 Å². The van der Waals surface area contributed by atoms with Gasteiger partial charge in [-0.3, -0.25) is 9.48 Å². The summed E-state index contributed by atoms with van der Waals surface area (Å²) in [4.78, 5) is 20.6. The van der Waals surface area contributed by atoms with E-state index in [0.29, 0.717) is 18.5 Å². The highest BCUT2D eigenvalue weighted by atomic mass is 79.9. The van der Waals surface area contributed by atoms with E-state index in [-0.39, 0.29) is 5.91 Å². The van der Waals surface area contributed by atoms with E-state index >= 15 is 0 Å². The lowest BCUT2D eigenvalue weighted by atomic mass is 10.1. The topological polar surface area (TPSA) is 51.0 Å². The van der Waals surface area contributed by atoms with Crippen molar-refractivity contribution in [2.75, 3.05) is 0 Å². The van der Waals surface area contributed by atoms with Gasteiger partial charge in [0.2, 0.25) is 0 Å². The van der Waals surface area contributed by atoms with Gasteiger partial charge in [-0.15, -0.1) is 0 Å². The van der Waals surface area contributed by atoms with Gasteiger partial charge in [0.15, 0.2) is 5.65 Å². The first-order chi connectivity index (χ1) is 13.5. The number of aromatic nitrogens is 3. The number of amides is 1. The molecular weight excluding hydrogens is 416 g/mol. The molecule has 0 radical (unpaired) electrons. The van der Waals surface area contributed by atoms with Crippen molar-refractivity contribution in [1.82, 2.24) is 19.7 Å². The fourth-order valence-corrected chi connectivity index (χ4v) is 4.41. The van der Waals surface area contributed by atoms with Gasteiger partial charge in [-0.1, -0.05) is 28.1 Å². The van der Waals surface area contributed by atoms with Gasteiger partial charge in [0.1, 0.15) is 0 Å². The summed E-state index contributed by atoms with van der Waals surface area (Å²) in [6.07, 6.45) is 4.48. The van der Waals surface area contributed by atoms with E-state index in [0.717, 1.165) is 63.7 Å². The van der Waals surface area contributed by atoms with Crippen LogP contribution in [-0.4, -0.2) is 31.6 Å². The highest BCUT2D eigenvalue weighted by molar-refractivity contribution is 9.10. The molecule has 28 heavy (non-hydrogen) atoms. The van der Waals surface area contributed by atoms with Crippen molar-refractivity contribution >= 4 is 32.9 Å². The summed E-state index contributed by atoms with van der Waals surface area (Å²) in [5, 5.41) is 5.45. The second-order valence-electron chi connectivity index (χ2n) is 8.07. The molecule has 0 saturated heterocycles. The van der Waals surface area contributed by atoms with E-state index in [2.05, 4.69) is 33.2 Å². The largest absolute Gasteiger partial charge is 0.331 e. The van der Waals surface area contributed by atoms with Gasteiger partial charge in [-0.25, -0.2) is 4.98 Å². The van der Waals surface area contributed by atoms with Gasteiger partial charge < -0.3 is 4.90 Å². The standard InChI is InChI=1S/C22H23BrN4O/c1-13-20-18(11-19(15-6-7-15)24-21(20)26(2)25-13)22(28)27(17-8-9-17)12-14-4-3-5-16(23)10-14/h3-5,10-11,15,17H,6-9,12H2,1-2H3. The number of carbonyl (C=O) groups excluding carboxylic acids is 1. The van der Waals surface area contributed by atoms with Gasteiger partial charge >= 0.3 is 0 Å². The number of benzene rings is 1. The molecule has 2 heterocycles. The van der Waals surface area contributed by atoms with Crippen LogP contribution in [-0.2, 0) is 13.6 Å². The fraction of sp³-hybridized carbons (Fsp3) is 0.409. The van der Waals surface area contributed by atoms with Gasteiger partial charge in [0, 0.05) is 35.7 Å². The Labute approximate surface area is 172 Å². The first kappa shape index (κ1) is 17.9. The fourth-order valence-electron chi connectivity index (χ4n) is 3.96. The molecule has 2 aliphatic carbocycles. The molecule has 2 saturated carbocycles. The van der Waals surface area contributed by atoms with Gasteiger partial charge in [0.25, 0.3) is 5.91 Å². The van der Waals surface area contributed by atoms with Crippen LogP contribution in [0.1, 0.15) is 58.9 Å². The van der Waals surface area contributed by atoms with Crippen molar-refractivity contribution in [2.45, 2.75) is 51.1 Å². The van der Waals surface area contributed by atoms with Crippen molar-refractivity contribution in [3.63, 3.8) is 0 Å². The Morgan fingerprint density at radius 1 is 1.25 bits per heavy atom. The third-order valence-corrected chi connectivity index (χ3v) is 6.20. The molecule has 5 nitrogen and oxygen atoms in total. The summed E-state index contributed by atoms with van der Waals surface area (Å²) in [5.41, 5.74) is 4.64. The van der Waals surface area contributed by atoms with Gasteiger partial charge in [-0.2, -0.15) is 5.10 Å². The molecule has 1 aromatic carbocycles. The van der Waals surface area contributed by atoms with Crippen LogP contribution < -0.4 is 0 Å². The summed E-state index contributed by atoms with van der Waals surface area (Å²) in [6.45, 7) is 2.60. The van der Waals surface area contributed by atoms with Crippen LogP contribution in [0, 0.1) is 6.92 Å². The minimum absolute atomic E-state index is 0.105. The van der Waals surface area contributed by atoms with Crippen molar-refractivity contribution in [3.8, 4) is 0 Å². The Balaban J connectivity index is 1.58. The summed E-state index contributed by atoms with van der Waals surface area (Å²) in [7, 11) is 1.91. The molecule has 0 unspecified atom stereocenters. The van der Waals surface area contributed by atoms with Gasteiger partial charge in [-0.05, 0) is 56.4 Å². The lowest BCUT2D eigenvalue weighted by Crippen LogP contribution is -2.33. The number of halogens is 1. The number of aryl methyl sites for hydroxylation is 2. The Hall–Kier alpha value is -2.21. The maximum Gasteiger partial charge on any atom is 0.255 e. The maximum absolute atomic E-state index is 13.7. The average molecular weight is 439 g/mol. The number of pyridine rings is 1. The molecule has 6 heteroatoms. The highest BCUT2D eigenvalue weighted by Crippen LogP contribution is 2.41. The predicted octanol–water partition coefficient (Wildman–Crippen LogP) is 4.72. The summed E-state index contributed by atoms with van der Waals surface area (Å²) in [5.74, 6) is 0.596. The lowest BCUT2D eigenvalue weighted by molar-refractivity contribution is 0.0731. The molecular formula is C22H23BrN4O. The molecule has 144 valence electrons. The second kappa shape index (κ2) is 6.69. The minimum Gasteiger partial charge on any atom is -0.331 e. The maximum atomic E-state index is 13.7. The average Bonchev–Trinajstić information content (AvgIpc) is 3.57. The lowest BCUT2D eigenvalue weighted by Gasteiger charge is -2.23. The van der Waals surface area contributed by atoms with E-state index in [1.165, 1.54) is 0 Å². The smallest absolute Gasteiger partial charge is 0.255 e. The molecule has 0 atom stereocenters. The third kappa shape index (κ3) is 3.24. The van der Waals surface area contributed by atoms with Crippen LogP contribution >= 0.6 is 15.9 Å². The van der Waals surface area contributed by atoms with Crippen LogP contribution in [0.3, 0.4) is 0 Å². The molecule has 2 aromatic heterocycles. The first-order valence-electron chi connectivity index (χ1n) is 9.91. The number of nitrogens with zero attached hydrogens (tertiary/aromatic N) is 4. The monoisotopic (exact) mass is 438 g/mol. The van der Waals surface area contributed by atoms with Crippen molar-refractivity contribution in [1.29, 1.82) is 0 Å². The summed E-state index contributed by atoms with van der Waals surface area (Å²) in [6, 6.07) is 10.6. The van der Waals surface area contributed by atoms with E-state index in [1.807, 2.05) is 41.8 Å². The van der Waals surface area contributed by atoms with Crippen LogP contribution in [0.2, 0.25) is 0 Å². The Kier molecular flexibility index (Phi) is 4.27. The van der Waals surface area contributed by atoms with Crippen molar-refractivity contribution < 1.29 is 4.79 Å². The number of rotatable bonds is 5. The van der Waals surface area contributed by atoms with Crippen LogP contribution in [0.15, 0.2) is 34.8 Å². The predicted molar refractivity (Wildman–Crippen MR) is 112 cm³/mol. The molecule has 5 rings (SSSR count). The van der Waals surface area contributed by atoms with Crippen molar-refractivity contribution in [2.24, 2.45) is 7.05 Å². The van der Waals surface area contributed by atoms with Crippen LogP contribution in [0.4, 0.5) is 0 Å². The molecule has 3 aromatic rings.